The molecule has 144 valence electrons. The summed E-state index contributed by atoms with van der Waals surface area (Å²) in [4.78, 5) is 17.1. The van der Waals surface area contributed by atoms with Gasteiger partial charge in [0.15, 0.2) is 0 Å². The molecule has 1 saturated carbocycles. The molecule has 1 aliphatic carbocycles. The lowest BCUT2D eigenvalue weighted by atomic mass is 9.78. The lowest BCUT2D eigenvalue weighted by Crippen LogP contribution is -2.52. The van der Waals surface area contributed by atoms with Crippen molar-refractivity contribution < 1.29 is 9.53 Å². The van der Waals surface area contributed by atoms with Crippen LogP contribution in [-0.4, -0.2) is 56.7 Å². The first kappa shape index (κ1) is 19.0. The Bertz CT molecular complexity index is 581. The molecular weight excluding hydrogens is 326 g/mol. The Morgan fingerprint density at radius 3 is 2.46 bits per heavy atom. The molecule has 5 heteroatoms. The summed E-state index contributed by atoms with van der Waals surface area (Å²) in [6.45, 7) is 8.87. The molecule has 0 aromatic heterocycles. The minimum atomic E-state index is 0.189. The third-order valence-corrected chi connectivity index (χ3v) is 6.23. The van der Waals surface area contributed by atoms with Crippen LogP contribution in [0.1, 0.15) is 33.1 Å². The van der Waals surface area contributed by atoms with Gasteiger partial charge in [0.05, 0.1) is 13.7 Å². The van der Waals surface area contributed by atoms with Gasteiger partial charge in [0.1, 0.15) is 5.75 Å². The summed E-state index contributed by atoms with van der Waals surface area (Å²) in [5, 5.41) is 3.29. The van der Waals surface area contributed by atoms with Gasteiger partial charge >= 0.3 is 0 Å². The number of carbonyl (C=O) groups is 1. The summed E-state index contributed by atoms with van der Waals surface area (Å²) in [7, 11) is 1.69. The van der Waals surface area contributed by atoms with Crippen LogP contribution in [0.3, 0.4) is 0 Å². The van der Waals surface area contributed by atoms with Gasteiger partial charge in [0.2, 0.25) is 5.91 Å². The van der Waals surface area contributed by atoms with Crippen LogP contribution in [0.4, 0.5) is 5.69 Å². The van der Waals surface area contributed by atoms with Gasteiger partial charge in [0.25, 0.3) is 0 Å². The molecule has 2 fully saturated rings. The van der Waals surface area contributed by atoms with E-state index >= 15 is 0 Å². The predicted molar refractivity (Wildman–Crippen MR) is 106 cm³/mol. The van der Waals surface area contributed by atoms with Crippen LogP contribution in [0.15, 0.2) is 24.3 Å². The Balaban J connectivity index is 1.43. The van der Waals surface area contributed by atoms with E-state index in [2.05, 4.69) is 41.1 Å². The highest BCUT2D eigenvalue weighted by molar-refractivity contribution is 5.78. The van der Waals surface area contributed by atoms with Crippen LogP contribution in [-0.2, 0) is 4.79 Å². The summed E-state index contributed by atoms with van der Waals surface area (Å²) in [6, 6.07) is 8.56. The van der Waals surface area contributed by atoms with Gasteiger partial charge in [-0.25, -0.2) is 0 Å². The summed E-state index contributed by atoms with van der Waals surface area (Å²) < 4.78 is 5.22. The lowest BCUT2D eigenvalue weighted by Gasteiger charge is -2.37. The number of rotatable bonds is 5. The molecule has 3 rings (SSSR count). The van der Waals surface area contributed by atoms with Gasteiger partial charge < -0.3 is 15.0 Å². The fraction of sp³-hybridized carbons (Fsp3) is 0.667. The van der Waals surface area contributed by atoms with Crippen molar-refractivity contribution in [2.24, 2.45) is 11.8 Å². The smallest absolute Gasteiger partial charge is 0.234 e. The summed E-state index contributed by atoms with van der Waals surface area (Å²) in [5.74, 6) is 2.37. The zero-order chi connectivity index (χ0) is 18.5. The molecule has 1 amide bonds. The largest absolute Gasteiger partial charge is 0.497 e. The molecule has 0 radical (unpaired) electrons. The van der Waals surface area contributed by atoms with Crippen LogP contribution < -0.4 is 15.0 Å². The maximum Gasteiger partial charge on any atom is 0.234 e. The second kappa shape index (κ2) is 8.76. The van der Waals surface area contributed by atoms with E-state index in [1.165, 1.54) is 18.5 Å². The predicted octanol–water partition coefficient (Wildman–Crippen LogP) is 2.76. The maximum absolute atomic E-state index is 12.5. The van der Waals surface area contributed by atoms with E-state index in [0.717, 1.165) is 38.3 Å². The van der Waals surface area contributed by atoms with Crippen LogP contribution in [0.2, 0.25) is 0 Å². The molecule has 1 aliphatic heterocycles. The molecule has 1 N–H and O–H groups in total. The Kier molecular flexibility index (Phi) is 6.41. The molecule has 1 saturated heterocycles. The Labute approximate surface area is 157 Å². The van der Waals surface area contributed by atoms with Gasteiger partial charge in [-0.1, -0.05) is 26.7 Å². The molecular formula is C21H33N3O2. The summed E-state index contributed by atoms with van der Waals surface area (Å²) in [6.07, 6.45) is 3.65. The number of ether oxygens (including phenoxy) is 1. The van der Waals surface area contributed by atoms with Crippen molar-refractivity contribution >= 4 is 11.6 Å². The van der Waals surface area contributed by atoms with Gasteiger partial charge in [-0.05, 0) is 42.5 Å². The molecule has 1 aromatic rings. The quantitative estimate of drug-likeness (QED) is 0.878. The molecule has 2 aliphatic rings. The number of methoxy groups -OCH3 is 1. The topological polar surface area (TPSA) is 44.8 Å². The molecule has 1 aromatic carbocycles. The average molecular weight is 360 g/mol. The number of nitrogens with one attached hydrogen (secondary N) is 1. The molecule has 5 nitrogen and oxygen atoms in total. The normalized spacial score (nSPS) is 27.2. The van der Waals surface area contributed by atoms with Crippen molar-refractivity contribution in [2.75, 3.05) is 44.7 Å². The minimum Gasteiger partial charge on any atom is -0.497 e. The van der Waals surface area contributed by atoms with E-state index in [4.69, 9.17) is 4.74 Å². The monoisotopic (exact) mass is 359 g/mol. The Morgan fingerprint density at radius 2 is 1.81 bits per heavy atom. The molecule has 1 heterocycles. The third kappa shape index (κ3) is 4.70. The summed E-state index contributed by atoms with van der Waals surface area (Å²) >= 11 is 0. The molecule has 3 atom stereocenters. The first-order valence-corrected chi connectivity index (χ1v) is 9.97. The molecule has 0 unspecified atom stereocenters. The van der Waals surface area contributed by atoms with Crippen LogP contribution in [0, 0.1) is 11.8 Å². The zero-order valence-corrected chi connectivity index (χ0v) is 16.4. The minimum absolute atomic E-state index is 0.189. The Hall–Kier alpha value is -1.75. The summed E-state index contributed by atoms with van der Waals surface area (Å²) in [5.41, 5.74) is 1.22. The van der Waals surface area contributed by atoms with E-state index < -0.39 is 0 Å². The number of anilines is 1. The van der Waals surface area contributed by atoms with Crippen molar-refractivity contribution in [1.29, 1.82) is 0 Å². The lowest BCUT2D eigenvalue weighted by molar-refractivity contribution is -0.123. The van der Waals surface area contributed by atoms with E-state index in [1.54, 1.807) is 7.11 Å². The second-order valence-corrected chi connectivity index (χ2v) is 7.90. The van der Waals surface area contributed by atoms with Crippen molar-refractivity contribution in [3.05, 3.63) is 24.3 Å². The van der Waals surface area contributed by atoms with Crippen molar-refractivity contribution in [1.82, 2.24) is 10.2 Å². The Morgan fingerprint density at radius 1 is 1.12 bits per heavy atom. The number of benzene rings is 1. The highest BCUT2D eigenvalue weighted by Crippen LogP contribution is 2.29. The highest BCUT2D eigenvalue weighted by Gasteiger charge is 2.28. The number of hydrogen-bond acceptors (Lipinski definition) is 4. The first-order valence-electron chi connectivity index (χ1n) is 9.97. The number of piperazine rings is 1. The fourth-order valence-corrected chi connectivity index (χ4v) is 4.20. The fourth-order valence-electron chi connectivity index (χ4n) is 4.20. The van der Waals surface area contributed by atoms with Gasteiger partial charge in [-0.3, -0.25) is 9.69 Å². The average Bonchev–Trinajstić information content (AvgIpc) is 2.66. The number of nitrogens with zero attached hydrogens (tertiary/aromatic N) is 2. The van der Waals surface area contributed by atoms with E-state index in [-0.39, 0.29) is 5.91 Å². The highest BCUT2D eigenvalue weighted by atomic mass is 16.5. The van der Waals surface area contributed by atoms with E-state index in [0.29, 0.717) is 24.4 Å². The van der Waals surface area contributed by atoms with Crippen molar-refractivity contribution in [2.45, 2.75) is 39.2 Å². The first-order chi connectivity index (χ1) is 12.6. The van der Waals surface area contributed by atoms with Gasteiger partial charge in [0, 0.05) is 37.9 Å². The van der Waals surface area contributed by atoms with Crippen LogP contribution in [0.25, 0.3) is 0 Å². The standard InChI is InChI=1S/C21H33N3O2/c1-16-5-4-6-20(17(16)2)22-21(25)15-23-11-13-24(14-12-23)18-7-9-19(26-3)10-8-18/h7-10,16-17,20H,4-6,11-15H2,1-3H3,(H,22,25)/t16-,17+,20+/m0/s1. The van der Waals surface area contributed by atoms with Crippen molar-refractivity contribution in [3.8, 4) is 5.75 Å². The zero-order valence-electron chi connectivity index (χ0n) is 16.4. The maximum atomic E-state index is 12.5. The van der Waals surface area contributed by atoms with E-state index in [1.807, 2.05) is 12.1 Å². The number of carbonyl (C=O) groups excluding carboxylic acids is 1. The molecule has 0 bridgehead atoms. The van der Waals surface area contributed by atoms with E-state index in [9.17, 15) is 4.79 Å². The number of hydrogen-bond donors (Lipinski definition) is 1. The van der Waals surface area contributed by atoms with Crippen LogP contribution in [0.5, 0.6) is 5.75 Å². The third-order valence-electron chi connectivity index (χ3n) is 6.23. The number of amides is 1. The van der Waals surface area contributed by atoms with Gasteiger partial charge in [-0.2, -0.15) is 0 Å². The molecule has 26 heavy (non-hydrogen) atoms. The molecule has 0 spiro atoms. The SMILES string of the molecule is COc1ccc(N2CCN(CC(=O)N[C@@H]3CCC[C@H](C)[C@H]3C)CC2)cc1. The van der Waals surface area contributed by atoms with Crippen molar-refractivity contribution in [3.63, 3.8) is 0 Å². The van der Waals surface area contributed by atoms with Gasteiger partial charge in [-0.15, -0.1) is 0 Å². The van der Waals surface area contributed by atoms with Crippen LogP contribution >= 0.6 is 0 Å². The second-order valence-electron chi connectivity index (χ2n) is 7.90.